The Labute approximate surface area is 233 Å². The predicted molar refractivity (Wildman–Crippen MR) is 157 cm³/mol. The fourth-order valence-electron chi connectivity index (χ4n) is 4.12. The van der Waals surface area contributed by atoms with E-state index >= 15 is 0 Å². The molecular weight excluding hydrogens is 498 g/mol. The van der Waals surface area contributed by atoms with Gasteiger partial charge in [-0.25, -0.2) is 4.79 Å². The van der Waals surface area contributed by atoms with Gasteiger partial charge in [0.1, 0.15) is 17.7 Å². The van der Waals surface area contributed by atoms with Gasteiger partial charge in [0.15, 0.2) is 0 Å². The molecule has 2 atom stereocenters. The van der Waals surface area contributed by atoms with Crippen molar-refractivity contribution >= 4 is 36.2 Å². The van der Waals surface area contributed by atoms with Crippen LogP contribution >= 0.6 is 12.6 Å². The van der Waals surface area contributed by atoms with Crippen LogP contribution in [-0.2, 0) is 14.3 Å². The maximum atomic E-state index is 14.2. The zero-order valence-corrected chi connectivity index (χ0v) is 25.0. The van der Waals surface area contributed by atoms with Crippen LogP contribution in [0.15, 0.2) is 42.5 Å². The number of rotatable bonds is 9. The van der Waals surface area contributed by atoms with E-state index in [0.717, 1.165) is 16.7 Å². The van der Waals surface area contributed by atoms with Gasteiger partial charge in [-0.05, 0) is 78.5 Å². The average molecular weight is 542 g/mol. The second-order valence-electron chi connectivity index (χ2n) is 11.3. The Hall–Kier alpha value is -3.00. The van der Waals surface area contributed by atoms with E-state index in [9.17, 15) is 14.4 Å². The van der Waals surface area contributed by atoms with Crippen molar-refractivity contribution in [3.8, 4) is 0 Å². The third-order valence-electron chi connectivity index (χ3n) is 6.56. The maximum absolute atomic E-state index is 14.2. The molecule has 0 aromatic heterocycles. The minimum atomic E-state index is -1.00. The van der Waals surface area contributed by atoms with E-state index in [1.165, 1.54) is 0 Å². The Morgan fingerprint density at radius 2 is 1.50 bits per heavy atom. The van der Waals surface area contributed by atoms with Crippen LogP contribution in [0.2, 0.25) is 0 Å². The molecular formula is C30H43N3O4S. The lowest BCUT2D eigenvalue weighted by atomic mass is 9.91. The second-order valence-corrected chi connectivity index (χ2v) is 11.7. The molecule has 8 heteroatoms. The first-order valence-corrected chi connectivity index (χ1v) is 13.6. The molecule has 208 valence electrons. The fourth-order valence-corrected chi connectivity index (χ4v) is 4.37. The summed E-state index contributed by atoms with van der Waals surface area (Å²) in [6, 6.07) is 11.4. The molecule has 0 aliphatic heterocycles. The number of thiol groups is 1. The highest BCUT2D eigenvalue weighted by atomic mass is 32.1. The van der Waals surface area contributed by atoms with Crippen molar-refractivity contribution in [3.63, 3.8) is 0 Å². The Kier molecular flexibility index (Phi) is 10.4. The largest absolute Gasteiger partial charge is 0.444 e. The Morgan fingerprint density at radius 3 is 1.97 bits per heavy atom. The summed E-state index contributed by atoms with van der Waals surface area (Å²) in [6.07, 6.45) is -0.144. The van der Waals surface area contributed by atoms with Crippen molar-refractivity contribution in [2.24, 2.45) is 0 Å². The molecule has 0 heterocycles. The summed E-state index contributed by atoms with van der Waals surface area (Å²) in [4.78, 5) is 42.4. The number of hydrogen-bond donors (Lipinski definition) is 3. The van der Waals surface area contributed by atoms with E-state index in [4.69, 9.17) is 4.74 Å². The lowest BCUT2D eigenvalue weighted by Crippen LogP contribution is -2.59. The number of benzene rings is 2. The normalized spacial score (nSPS) is 13.3. The first-order valence-electron chi connectivity index (χ1n) is 13.0. The van der Waals surface area contributed by atoms with Gasteiger partial charge in [0, 0.05) is 17.0 Å². The highest BCUT2D eigenvalue weighted by Gasteiger charge is 2.43. The van der Waals surface area contributed by atoms with Crippen molar-refractivity contribution in [1.82, 2.24) is 10.2 Å². The van der Waals surface area contributed by atoms with Gasteiger partial charge < -0.3 is 20.3 Å². The van der Waals surface area contributed by atoms with Gasteiger partial charge in [0.05, 0.1) is 0 Å². The number of ether oxygens (including phenoxy) is 1. The molecule has 38 heavy (non-hydrogen) atoms. The molecule has 0 saturated heterocycles. The van der Waals surface area contributed by atoms with E-state index in [0.29, 0.717) is 17.7 Å². The molecule has 7 nitrogen and oxygen atoms in total. The molecule has 0 saturated carbocycles. The lowest BCUT2D eigenvalue weighted by molar-refractivity contribution is -0.147. The monoisotopic (exact) mass is 541 g/mol. The van der Waals surface area contributed by atoms with Crippen molar-refractivity contribution in [3.05, 3.63) is 64.7 Å². The number of amides is 3. The average Bonchev–Trinajstić information content (AvgIpc) is 2.82. The minimum Gasteiger partial charge on any atom is -0.444 e. The van der Waals surface area contributed by atoms with Crippen molar-refractivity contribution in [2.45, 2.75) is 92.0 Å². The summed E-state index contributed by atoms with van der Waals surface area (Å²) in [6.45, 7) is 16.9. The first-order chi connectivity index (χ1) is 17.6. The highest BCUT2D eigenvalue weighted by Crippen LogP contribution is 2.34. The molecule has 2 rings (SSSR count). The van der Waals surface area contributed by atoms with E-state index in [2.05, 4.69) is 23.3 Å². The summed E-state index contributed by atoms with van der Waals surface area (Å²) in [5.74, 6) is -0.718. The summed E-state index contributed by atoms with van der Waals surface area (Å²) in [7, 11) is 0. The molecule has 3 amide bonds. The summed E-state index contributed by atoms with van der Waals surface area (Å²) < 4.78 is 5.39. The van der Waals surface area contributed by atoms with E-state index < -0.39 is 35.2 Å². The standard InChI is InChI=1S/C30H43N3O4S/c1-10-30(8,9)33(27(35)23(18-38)31-28(36)37-29(5,6)7)25(22-16-14-19(2)15-17-22)26(34)32-24-20(3)12-11-13-21(24)4/h11-17,23,25,38H,10,18H2,1-9H3,(H,31,36)(H,32,34). The third-order valence-corrected chi connectivity index (χ3v) is 6.92. The Balaban J connectivity index is 2.61. The molecule has 2 unspecified atom stereocenters. The fraction of sp³-hybridized carbons (Fsp3) is 0.500. The molecule has 2 aromatic rings. The Morgan fingerprint density at radius 1 is 0.947 bits per heavy atom. The number of aryl methyl sites for hydroxylation is 3. The van der Waals surface area contributed by atoms with Gasteiger partial charge in [-0.2, -0.15) is 12.6 Å². The number of hydrogen-bond acceptors (Lipinski definition) is 5. The van der Waals surface area contributed by atoms with Crippen molar-refractivity contribution in [2.75, 3.05) is 11.1 Å². The number of para-hydroxylation sites is 1. The summed E-state index contributed by atoms with van der Waals surface area (Å²) in [5, 5.41) is 5.75. The van der Waals surface area contributed by atoms with Gasteiger partial charge in [0.25, 0.3) is 5.91 Å². The summed E-state index contributed by atoms with van der Waals surface area (Å²) >= 11 is 4.37. The van der Waals surface area contributed by atoms with E-state index in [1.54, 1.807) is 25.7 Å². The van der Waals surface area contributed by atoms with Gasteiger partial charge in [-0.15, -0.1) is 0 Å². The molecule has 2 N–H and O–H groups in total. The molecule has 0 spiro atoms. The van der Waals surface area contributed by atoms with Crippen molar-refractivity contribution < 1.29 is 19.1 Å². The minimum absolute atomic E-state index is 0.0352. The Bertz CT molecular complexity index is 1120. The van der Waals surface area contributed by atoms with Crippen LogP contribution in [0.4, 0.5) is 10.5 Å². The SMILES string of the molecule is CCC(C)(C)N(C(=O)C(CS)NC(=O)OC(C)(C)C)C(C(=O)Nc1c(C)cccc1C)c1ccc(C)cc1. The zero-order valence-electron chi connectivity index (χ0n) is 24.1. The molecule has 2 aromatic carbocycles. The number of carbonyl (C=O) groups excluding carboxylic acids is 3. The van der Waals surface area contributed by atoms with Crippen LogP contribution in [0.25, 0.3) is 0 Å². The van der Waals surface area contributed by atoms with Crippen LogP contribution in [0.1, 0.15) is 76.3 Å². The van der Waals surface area contributed by atoms with Crippen LogP contribution in [0, 0.1) is 20.8 Å². The van der Waals surface area contributed by atoms with E-state index in [1.807, 2.05) is 84.0 Å². The van der Waals surface area contributed by atoms with Crippen molar-refractivity contribution in [1.29, 1.82) is 0 Å². The second kappa shape index (κ2) is 12.7. The molecule has 0 radical (unpaired) electrons. The summed E-state index contributed by atoms with van der Waals surface area (Å²) in [5.41, 5.74) is 2.81. The van der Waals surface area contributed by atoms with Gasteiger partial charge >= 0.3 is 6.09 Å². The maximum Gasteiger partial charge on any atom is 0.408 e. The number of anilines is 1. The van der Waals surface area contributed by atoms with Gasteiger partial charge in [0.2, 0.25) is 5.91 Å². The molecule has 0 aliphatic carbocycles. The first kappa shape index (κ1) is 31.2. The third kappa shape index (κ3) is 8.00. The van der Waals surface area contributed by atoms with Crippen LogP contribution in [0.3, 0.4) is 0 Å². The molecule has 0 aliphatic rings. The zero-order chi connectivity index (χ0) is 28.8. The molecule has 0 fully saturated rings. The topological polar surface area (TPSA) is 87.7 Å². The van der Waals surface area contributed by atoms with Gasteiger partial charge in [-0.1, -0.05) is 55.0 Å². The highest BCUT2D eigenvalue weighted by molar-refractivity contribution is 7.80. The van der Waals surface area contributed by atoms with Crippen LogP contribution < -0.4 is 10.6 Å². The molecule has 0 bridgehead atoms. The smallest absolute Gasteiger partial charge is 0.408 e. The van der Waals surface area contributed by atoms with E-state index in [-0.39, 0.29) is 11.7 Å². The number of alkyl carbamates (subject to hydrolysis) is 1. The number of carbonyl (C=O) groups is 3. The van der Waals surface area contributed by atoms with Crippen LogP contribution in [0.5, 0.6) is 0 Å². The van der Waals surface area contributed by atoms with Gasteiger partial charge in [-0.3, -0.25) is 9.59 Å². The predicted octanol–water partition coefficient (Wildman–Crippen LogP) is 6.13. The number of nitrogens with zero attached hydrogens (tertiary/aromatic N) is 1. The quantitative estimate of drug-likeness (QED) is 0.333. The lowest BCUT2D eigenvalue weighted by Gasteiger charge is -2.44. The number of nitrogens with one attached hydrogen (secondary N) is 2. The van der Waals surface area contributed by atoms with Crippen LogP contribution in [-0.4, -0.2) is 45.7 Å².